The molecule has 1 aliphatic heterocycles. The van der Waals surface area contributed by atoms with Gasteiger partial charge in [-0.1, -0.05) is 6.92 Å². The lowest BCUT2D eigenvalue weighted by Crippen LogP contribution is -1.99. The minimum Gasteiger partial charge on any atom is -0.497 e. The average Bonchev–Trinajstić information content (AvgIpc) is 2.69. The first kappa shape index (κ1) is 14.1. The van der Waals surface area contributed by atoms with Gasteiger partial charge in [0.2, 0.25) is 0 Å². The number of carbonyl (C=O) groups is 1. The molecule has 2 aromatic rings. The summed E-state index contributed by atoms with van der Waals surface area (Å²) in [5.41, 5.74) is 2.44. The van der Waals surface area contributed by atoms with E-state index in [1.807, 2.05) is 19.1 Å². The summed E-state index contributed by atoms with van der Waals surface area (Å²) in [6.07, 6.45) is 0.708. The summed E-state index contributed by atoms with van der Waals surface area (Å²) < 4.78 is 11.2. The lowest BCUT2D eigenvalue weighted by molar-refractivity contribution is 0.0697. The number of ether oxygens (including phenoxy) is 2. The van der Waals surface area contributed by atoms with Crippen LogP contribution in [-0.4, -0.2) is 23.9 Å². The van der Waals surface area contributed by atoms with Gasteiger partial charge in [0.1, 0.15) is 17.2 Å². The zero-order chi connectivity index (χ0) is 15.7. The van der Waals surface area contributed by atoms with Crippen molar-refractivity contribution in [1.82, 2.24) is 0 Å². The fourth-order valence-corrected chi connectivity index (χ4v) is 2.37. The predicted molar refractivity (Wildman–Crippen MR) is 83.0 cm³/mol. The largest absolute Gasteiger partial charge is 0.497 e. The van der Waals surface area contributed by atoms with E-state index < -0.39 is 5.97 Å². The Balaban J connectivity index is 2.18. The maximum absolute atomic E-state index is 11.1. The molecule has 0 aromatic heterocycles. The summed E-state index contributed by atoms with van der Waals surface area (Å²) in [6.45, 7) is 2.00. The van der Waals surface area contributed by atoms with E-state index in [0.717, 1.165) is 11.3 Å². The Hall–Kier alpha value is -2.82. The van der Waals surface area contributed by atoms with Crippen molar-refractivity contribution in [3.8, 4) is 17.2 Å². The molecule has 0 aliphatic carbocycles. The van der Waals surface area contributed by atoms with Crippen molar-refractivity contribution in [2.24, 2.45) is 4.99 Å². The highest BCUT2D eigenvalue weighted by Gasteiger charge is 2.19. The molecule has 0 radical (unpaired) electrons. The number of fused-ring (bicyclic) bond motifs is 2. The summed E-state index contributed by atoms with van der Waals surface area (Å²) >= 11 is 0. The number of nitrogens with zero attached hydrogens (tertiary/aromatic N) is 1. The highest BCUT2D eigenvalue weighted by atomic mass is 16.5. The Kier molecular flexibility index (Phi) is 3.55. The lowest BCUT2D eigenvalue weighted by Gasteiger charge is -2.10. The van der Waals surface area contributed by atoms with Gasteiger partial charge >= 0.3 is 5.97 Å². The molecule has 0 atom stereocenters. The van der Waals surface area contributed by atoms with Crippen LogP contribution in [0.2, 0.25) is 0 Å². The Morgan fingerprint density at radius 2 is 2.05 bits per heavy atom. The molecule has 0 saturated heterocycles. The van der Waals surface area contributed by atoms with Gasteiger partial charge in [0, 0.05) is 11.6 Å². The molecule has 3 rings (SSSR count). The normalized spacial score (nSPS) is 12.4. The fourth-order valence-electron chi connectivity index (χ4n) is 2.37. The van der Waals surface area contributed by atoms with E-state index in [1.54, 1.807) is 19.2 Å². The predicted octanol–water partition coefficient (Wildman–Crippen LogP) is 4.03. The summed E-state index contributed by atoms with van der Waals surface area (Å²) in [5, 5.41) is 9.12. The monoisotopic (exact) mass is 297 g/mol. The number of rotatable bonds is 3. The third-order valence-corrected chi connectivity index (χ3v) is 3.52. The van der Waals surface area contributed by atoms with Crippen LogP contribution < -0.4 is 9.47 Å². The van der Waals surface area contributed by atoms with E-state index >= 15 is 0 Å². The van der Waals surface area contributed by atoms with Crippen LogP contribution >= 0.6 is 0 Å². The molecule has 1 N–H and O–H groups in total. The van der Waals surface area contributed by atoms with Crippen molar-refractivity contribution in [2.75, 3.05) is 7.11 Å². The van der Waals surface area contributed by atoms with Gasteiger partial charge < -0.3 is 14.6 Å². The SMILES string of the molecule is CCC1=Nc2cc(C(=O)O)ccc2Oc2cc(OC)ccc21. The van der Waals surface area contributed by atoms with Crippen molar-refractivity contribution >= 4 is 17.4 Å². The molecule has 112 valence electrons. The van der Waals surface area contributed by atoms with Gasteiger partial charge in [0.25, 0.3) is 0 Å². The molecular weight excluding hydrogens is 282 g/mol. The number of hydrogen-bond donors (Lipinski definition) is 1. The Morgan fingerprint density at radius 3 is 2.73 bits per heavy atom. The van der Waals surface area contributed by atoms with Crippen molar-refractivity contribution in [3.05, 3.63) is 47.5 Å². The van der Waals surface area contributed by atoms with Crippen LogP contribution in [0.5, 0.6) is 17.2 Å². The molecule has 22 heavy (non-hydrogen) atoms. The molecule has 0 amide bonds. The smallest absolute Gasteiger partial charge is 0.335 e. The van der Waals surface area contributed by atoms with Gasteiger partial charge in [-0.3, -0.25) is 0 Å². The number of methoxy groups -OCH3 is 1. The van der Waals surface area contributed by atoms with Gasteiger partial charge in [-0.2, -0.15) is 0 Å². The summed E-state index contributed by atoms with van der Waals surface area (Å²) in [7, 11) is 1.60. The molecule has 0 fully saturated rings. The first-order valence-corrected chi connectivity index (χ1v) is 6.93. The first-order chi connectivity index (χ1) is 10.6. The number of aromatic carboxylic acids is 1. The minimum atomic E-state index is -0.987. The molecular formula is C17H15NO4. The van der Waals surface area contributed by atoms with Crippen LogP contribution in [-0.2, 0) is 0 Å². The number of benzene rings is 2. The van der Waals surface area contributed by atoms with Crippen LogP contribution in [0, 0.1) is 0 Å². The van der Waals surface area contributed by atoms with Crippen molar-refractivity contribution in [1.29, 1.82) is 0 Å². The summed E-state index contributed by atoms with van der Waals surface area (Å²) in [5.74, 6) is 0.893. The third-order valence-electron chi connectivity index (χ3n) is 3.52. The second-order valence-corrected chi connectivity index (χ2v) is 4.86. The van der Waals surface area contributed by atoms with Crippen LogP contribution in [0.25, 0.3) is 0 Å². The van der Waals surface area contributed by atoms with Crippen LogP contribution in [0.15, 0.2) is 41.4 Å². The van der Waals surface area contributed by atoms with Crippen molar-refractivity contribution < 1.29 is 19.4 Å². The van der Waals surface area contributed by atoms with E-state index in [0.29, 0.717) is 29.4 Å². The van der Waals surface area contributed by atoms with E-state index in [-0.39, 0.29) is 5.56 Å². The fraction of sp³-hybridized carbons (Fsp3) is 0.176. The van der Waals surface area contributed by atoms with Gasteiger partial charge in [-0.05, 0) is 36.8 Å². The molecule has 0 spiro atoms. The maximum atomic E-state index is 11.1. The van der Waals surface area contributed by atoms with E-state index in [9.17, 15) is 4.79 Å². The van der Waals surface area contributed by atoms with Crippen molar-refractivity contribution in [2.45, 2.75) is 13.3 Å². The molecule has 0 bridgehead atoms. The van der Waals surface area contributed by atoms with E-state index in [2.05, 4.69) is 4.99 Å². The molecule has 5 heteroatoms. The molecule has 2 aromatic carbocycles. The summed E-state index contributed by atoms with van der Waals surface area (Å²) in [4.78, 5) is 15.7. The van der Waals surface area contributed by atoms with Crippen LogP contribution in [0.4, 0.5) is 5.69 Å². The average molecular weight is 297 g/mol. The maximum Gasteiger partial charge on any atom is 0.335 e. The van der Waals surface area contributed by atoms with Gasteiger partial charge in [0.15, 0.2) is 5.75 Å². The van der Waals surface area contributed by atoms with Gasteiger partial charge in [-0.15, -0.1) is 0 Å². The van der Waals surface area contributed by atoms with Crippen LogP contribution in [0.3, 0.4) is 0 Å². The zero-order valence-electron chi connectivity index (χ0n) is 12.3. The number of aliphatic imine (C=N–C) groups is 1. The standard InChI is InChI=1S/C17H15NO4/c1-3-13-12-6-5-11(21-2)9-16(12)22-15-7-4-10(17(19)20)8-14(15)18-13/h4-9H,3H2,1-2H3,(H,19,20). The van der Waals surface area contributed by atoms with E-state index in [1.165, 1.54) is 12.1 Å². The van der Waals surface area contributed by atoms with E-state index in [4.69, 9.17) is 14.6 Å². The first-order valence-electron chi connectivity index (χ1n) is 6.93. The lowest BCUT2D eigenvalue weighted by atomic mass is 10.1. The van der Waals surface area contributed by atoms with Gasteiger partial charge in [0.05, 0.1) is 18.4 Å². The van der Waals surface area contributed by atoms with Crippen LogP contribution in [0.1, 0.15) is 29.3 Å². The number of carboxylic acid groups (broad SMARTS) is 1. The van der Waals surface area contributed by atoms with Crippen molar-refractivity contribution in [3.63, 3.8) is 0 Å². The Labute approximate surface area is 127 Å². The minimum absolute atomic E-state index is 0.185. The quantitative estimate of drug-likeness (QED) is 0.928. The van der Waals surface area contributed by atoms with Gasteiger partial charge in [-0.25, -0.2) is 9.79 Å². The Bertz CT molecular complexity index is 780. The molecule has 1 heterocycles. The molecule has 0 unspecified atom stereocenters. The number of hydrogen-bond acceptors (Lipinski definition) is 4. The molecule has 1 aliphatic rings. The highest BCUT2D eigenvalue weighted by Crippen LogP contribution is 2.40. The molecule has 5 nitrogen and oxygen atoms in total. The highest BCUT2D eigenvalue weighted by molar-refractivity contribution is 6.05. The number of carboxylic acids is 1. The second kappa shape index (κ2) is 5.52. The topological polar surface area (TPSA) is 68.1 Å². The Morgan fingerprint density at radius 1 is 1.23 bits per heavy atom. The summed E-state index contributed by atoms with van der Waals surface area (Å²) in [6, 6.07) is 10.2. The zero-order valence-corrected chi connectivity index (χ0v) is 12.3. The second-order valence-electron chi connectivity index (χ2n) is 4.86. The third kappa shape index (κ3) is 2.41. The molecule has 0 saturated carbocycles.